The lowest BCUT2D eigenvalue weighted by Gasteiger charge is -2.34. The van der Waals surface area contributed by atoms with Crippen LogP contribution in [0.25, 0.3) is 0 Å². The number of carbonyl (C=O) groups excluding carboxylic acids is 1. The highest BCUT2D eigenvalue weighted by Gasteiger charge is 2.20. The number of para-hydroxylation sites is 1. The lowest BCUT2D eigenvalue weighted by molar-refractivity contribution is -0.127. The highest BCUT2D eigenvalue weighted by Crippen LogP contribution is 2.19. The molecule has 0 aliphatic carbocycles. The van der Waals surface area contributed by atoms with E-state index in [9.17, 15) is 4.79 Å². The summed E-state index contributed by atoms with van der Waals surface area (Å²) in [6, 6.07) is 15.0. The van der Waals surface area contributed by atoms with Gasteiger partial charge in [-0.1, -0.05) is 24.3 Å². The fraction of sp³-hybridized carbons (Fsp3) is 0.429. The van der Waals surface area contributed by atoms with E-state index >= 15 is 0 Å². The number of thiophene rings is 1. The molecule has 3 rings (SSSR count). The minimum atomic E-state index is -0.00359. The number of nitrogens with one attached hydrogen (secondary N) is 2. The Kier molecular flexibility index (Phi) is 9.72. The Labute approximate surface area is 194 Å². The maximum atomic E-state index is 11.9. The Morgan fingerprint density at radius 1 is 1.17 bits per heavy atom. The molecule has 1 aromatic heterocycles. The van der Waals surface area contributed by atoms with Gasteiger partial charge in [-0.2, -0.15) is 0 Å². The summed E-state index contributed by atoms with van der Waals surface area (Å²) in [6.45, 7) is 2.88. The molecule has 1 aromatic carbocycles. The average Bonchev–Trinajstić information content (AvgIpc) is 3.24. The molecule has 0 atom stereocenters. The Morgan fingerprint density at radius 2 is 1.90 bits per heavy atom. The van der Waals surface area contributed by atoms with Gasteiger partial charge in [0.05, 0.1) is 6.54 Å². The number of guanidine groups is 1. The van der Waals surface area contributed by atoms with E-state index in [1.807, 2.05) is 6.07 Å². The van der Waals surface area contributed by atoms with Crippen molar-refractivity contribution in [3.8, 4) is 0 Å². The molecule has 1 saturated heterocycles. The van der Waals surface area contributed by atoms with Crippen molar-refractivity contribution in [3.63, 3.8) is 0 Å². The van der Waals surface area contributed by atoms with Crippen LogP contribution in [0.2, 0.25) is 0 Å². The van der Waals surface area contributed by atoms with Crippen LogP contribution in [0.5, 0.6) is 0 Å². The van der Waals surface area contributed by atoms with Gasteiger partial charge in [0.15, 0.2) is 5.96 Å². The molecule has 0 spiro atoms. The van der Waals surface area contributed by atoms with E-state index in [0.717, 1.165) is 25.9 Å². The summed E-state index contributed by atoms with van der Waals surface area (Å²) in [5, 5.41) is 8.97. The zero-order chi connectivity index (χ0) is 19.8. The molecular weight excluding hydrogens is 497 g/mol. The van der Waals surface area contributed by atoms with Gasteiger partial charge in [-0.3, -0.25) is 4.79 Å². The number of piperidine rings is 1. The maximum Gasteiger partial charge on any atom is 0.243 e. The quantitative estimate of drug-likeness (QED) is 0.345. The number of carbonyl (C=O) groups is 1. The molecule has 1 aliphatic heterocycles. The molecule has 1 aliphatic rings. The molecule has 158 valence electrons. The number of anilines is 1. The van der Waals surface area contributed by atoms with Crippen LogP contribution >= 0.6 is 35.3 Å². The first-order valence-corrected chi connectivity index (χ1v) is 10.6. The minimum absolute atomic E-state index is 0. The summed E-state index contributed by atoms with van der Waals surface area (Å²) in [4.78, 5) is 21.7. The van der Waals surface area contributed by atoms with Crippen LogP contribution in [0, 0.1) is 0 Å². The van der Waals surface area contributed by atoms with Gasteiger partial charge < -0.3 is 20.4 Å². The molecule has 1 amide bonds. The second kappa shape index (κ2) is 12.0. The van der Waals surface area contributed by atoms with Crippen LogP contribution in [-0.4, -0.2) is 56.5 Å². The summed E-state index contributed by atoms with van der Waals surface area (Å²) < 4.78 is 0. The summed E-state index contributed by atoms with van der Waals surface area (Å²) in [7, 11) is 3.51. The van der Waals surface area contributed by atoms with Crippen molar-refractivity contribution in [1.82, 2.24) is 15.5 Å². The summed E-state index contributed by atoms with van der Waals surface area (Å²) in [5.74, 6) is 0.706. The second-order valence-electron chi connectivity index (χ2n) is 7.13. The third kappa shape index (κ3) is 7.50. The highest BCUT2D eigenvalue weighted by atomic mass is 127. The number of nitrogens with zero attached hydrogens (tertiary/aromatic N) is 3. The van der Waals surface area contributed by atoms with Gasteiger partial charge >= 0.3 is 0 Å². The summed E-state index contributed by atoms with van der Waals surface area (Å²) >= 11 is 1.71. The second-order valence-corrected chi connectivity index (χ2v) is 8.16. The molecule has 2 heterocycles. The topological polar surface area (TPSA) is 60.0 Å². The van der Waals surface area contributed by atoms with Crippen LogP contribution in [-0.2, 0) is 11.3 Å². The lowest BCUT2D eigenvalue weighted by Crippen LogP contribution is -2.48. The van der Waals surface area contributed by atoms with Crippen LogP contribution in [0.4, 0.5) is 5.69 Å². The Morgan fingerprint density at radius 3 is 2.52 bits per heavy atom. The van der Waals surface area contributed by atoms with E-state index < -0.39 is 0 Å². The van der Waals surface area contributed by atoms with E-state index in [-0.39, 0.29) is 36.4 Å². The molecule has 29 heavy (non-hydrogen) atoms. The van der Waals surface area contributed by atoms with E-state index in [1.165, 1.54) is 10.6 Å². The van der Waals surface area contributed by atoms with Crippen molar-refractivity contribution in [3.05, 3.63) is 52.7 Å². The monoisotopic (exact) mass is 527 g/mol. The lowest BCUT2D eigenvalue weighted by atomic mass is 10.0. The summed E-state index contributed by atoms with van der Waals surface area (Å²) in [5.41, 5.74) is 1.28. The minimum Gasteiger partial charge on any atom is -0.371 e. The van der Waals surface area contributed by atoms with Gasteiger partial charge in [0.1, 0.15) is 6.54 Å². The Hall–Kier alpha value is -1.81. The van der Waals surface area contributed by atoms with Crippen molar-refractivity contribution in [2.75, 3.05) is 38.6 Å². The molecule has 0 saturated carbocycles. The zero-order valence-corrected chi connectivity index (χ0v) is 20.2. The standard InChI is InChI=1S/C21H29N5OS.HI/c1-25(2)20(27)16-23-21(22-15-19-9-6-14-28-19)24-17-10-12-26(13-11-17)18-7-4-3-5-8-18;/h3-9,14,17H,10-13,15-16H2,1-2H3,(H2,22,23,24);1H. The van der Waals surface area contributed by atoms with E-state index in [2.05, 4.69) is 62.3 Å². The largest absolute Gasteiger partial charge is 0.371 e. The molecule has 0 radical (unpaired) electrons. The van der Waals surface area contributed by atoms with Crippen LogP contribution < -0.4 is 15.5 Å². The van der Waals surface area contributed by atoms with E-state index in [1.54, 1.807) is 30.3 Å². The number of rotatable bonds is 6. The Bertz CT molecular complexity index is 759. The van der Waals surface area contributed by atoms with Crippen molar-refractivity contribution in [1.29, 1.82) is 0 Å². The first kappa shape index (κ1) is 23.5. The number of hydrogen-bond donors (Lipinski definition) is 2. The number of amides is 1. The smallest absolute Gasteiger partial charge is 0.243 e. The van der Waals surface area contributed by atoms with E-state index in [0.29, 0.717) is 18.5 Å². The predicted molar refractivity (Wildman–Crippen MR) is 132 cm³/mol. The first-order valence-electron chi connectivity index (χ1n) is 9.69. The van der Waals surface area contributed by atoms with Gasteiger partial charge in [0.2, 0.25) is 5.91 Å². The number of aliphatic imine (C=N–C) groups is 1. The van der Waals surface area contributed by atoms with Crippen molar-refractivity contribution < 1.29 is 4.79 Å². The van der Waals surface area contributed by atoms with Crippen LogP contribution in [0.1, 0.15) is 17.7 Å². The van der Waals surface area contributed by atoms with Crippen molar-refractivity contribution in [2.45, 2.75) is 25.4 Å². The van der Waals surface area contributed by atoms with E-state index in [4.69, 9.17) is 0 Å². The van der Waals surface area contributed by atoms with Gasteiger partial charge in [0, 0.05) is 43.8 Å². The fourth-order valence-corrected chi connectivity index (χ4v) is 3.78. The average molecular weight is 527 g/mol. The van der Waals surface area contributed by atoms with Crippen molar-refractivity contribution in [2.24, 2.45) is 4.99 Å². The number of halogens is 1. The third-order valence-corrected chi connectivity index (χ3v) is 5.71. The third-order valence-electron chi connectivity index (χ3n) is 4.84. The molecule has 8 heteroatoms. The maximum absolute atomic E-state index is 11.9. The fourth-order valence-electron chi connectivity index (χ4n) is 3.14. The molecule has 2 aromatic rings. The number of hydrogen-bond acceptors (Lipinski definition) is 4. The highest BCUT2D eigenvalue weighted by molar-refractivity contribution is 14.0. The van der Waals surface area contributed by atoms with Crippen LogP contribution in [0.15, 0.2) is 52.8 Å². The van der Waals surface area contributed by atoms with Gasteiger partial charge in [-0.15, -0.1) is 35.3 Å². The Balaban J connectivity index is 0.00000300. The van der Waals surface area contributed by atoms with Gasteiger partial charge in [0.25, 0.3) is 0 Å². The zero-order valence-electron chi connectivity index (χ0n) is 17.0. The number of benzene rings is 1. The number of likely N-dealkylation sites (N-methyl/N-ethyl adjacent to an activating group) is 1. The summed E-state index contributed by atoms with van der Waals surface area (Å²) in [6.07, 6.45) is 2.08. The molecule has 6 nitrogen and oxygen atoms in total. The van der Waals surface area contributed by atoms with Gasteiger partial charge in [-0.05, 0) is 36.4 Å². The molecular formula is C21H30IN5OS. The molecule has 1 fully saturated rings. The first-order chi connectivity index (χ1) is 13.6. The van der Waals surface area contributed by atoms with Crippen LogP contribution in [0.3, 0.4) is 0 Å². The predicted octanol–water partition coefficient (Wildman–Crippen LogP) is 3.16. The molecule has 0 bridgehead atoms. The SMILES string of the molecule is CN(C)C(=O)CN=C(NCc1cccs1)NC1CCN(c2ccccc2)CC1.I. The molecule has 2 N–H and O–H groups in total. The normalized spacial score (nSPS) is 14.8. The van der Waals surface area contributed by atoms with Gasteiger partial charge in [-0.25, -0.2) is 4.99 Å². The van der Waals surface area contributed by atoms with Crippen molar-refractivity contribution >= 4 is 52.9 Å². The molecule has 0 unspecified atom stereocenters.